The molecule has 28 heavy (non-hydrogen) atoms. The molecule has 1 atom stereocenters. The van der Waals surface area contributed by atoms with Gasteiger partial charge in [-0.15, -0.1) is 0 Å². The zero-order valence-electron chi connectivity index (χ0n) is 17.3. The number of hydrogen-bond acceptors (Lipinski definition) is 3. The van der Waals surface area contributed by atoms with Crippen molar-refractivity contribution in [2.75, 3.05) is 26.7 Å². The number of hydrogen-bond donors (Lipinski definition) is 0. The number of aryl methyl sites for hydroxylation is 1. The van der Waals surface area contributed by atoms with Crippen molar-refractivity contribution in [3.8, 4) is 0 Å². The van der Waals surface area contributed by atoms with E-state index in [1.807, 2.05) is 24.5 Å². The van der Waals surface area contributed by atoms with Crippen LogP contribution in [0.4, 0.5) is 4.39 Å². The largest absolute Gasteiger partial charge is 0.370 e. The molecule has 0 saturated heterocycles. The lowest BCUT2D eigenvalue weighted by molar-refractivity contribution is -0.0116. The molecule has 0 N–H and O–H groups in total. The van der Waals surface area contributed by atoms with E-state index in [1.54, 1.807) is 0 Å². The van der Waals surface area contributed by atoms with Crippen molar-refractivity contribution in [3.05, 3.63) is 53.9 Å². The molecular weight excluding hydrogens is 353 g/mol. The predicted octanol–water partition coefficient (Wildman–Crippen LogP) is 4.76. The van der Waals surface area contributed by atoms with Crippen LogP contribution in [-0.4, -0.2) is 41.2 Å². The van der Waals surface area contributed by atoms with E-state index < -0.39 is 0 Å². The Hall–Kier alpha value is -1.72. The van der Waals surface area contributed by atoms with E-state index in [2.05, 4.69) is 28.5 Å². The Balaban J connectivity index is 1.42. The summed E-state index contributed by atoms with van der Waals surface area (Å²) >= 11 is 0. The molecule has 1 unspecified atom stereocenters. The van der Waals surface area contributed by atoms with Crippen molar-refractivity contribution in [3.63, 3.8) is 0 Å². The maximum absolute atomic E-state index is 13.0. The highest BCUT2D eigenvalue weighted by Gasteiger charge is 2.28. The summed E-state index contributed by atoms with van der Waals surface area (Å²) in [5.41, 5.74) is 1.18. The fraction of sp³-hybridized carbons (Fsp3) is 0.609. The Labute approximate surface area is 168 Å². The smallest absolute Gasteiger partial charge is 0.137 e. The van der Waals surface area contributed by atoms with Crippen LogP contribution in [0.1, 0.15) is 56.0 Å². The summed E-state index contributed by atoms with van der Waals surface area (Å²) in [6, 6.07) is 6.81. The molecule has 2 aromatic rings. The molecule has 1 heterocycles. The van der Waals surface area contributed by atoms with Gasteiger partial charge in [-0.2, -0.15) is 0 Å². The zero-order chi connectivity index (χ0) is 19.8. The molecular formula is C23H34FN3O. The molecule has 0 aliphatic heterocycles. The lowest BCUT2D eigenvalue weighted by Gasteiger charge is -2.30. The van der Waals surface area contributed by atoms with Gasteiger partial charge < -0.3 is 14.2 Å². The molecule has 154 valence electrons. The minimum atomic E-state index is -0.172. The van der Waals surface area contributed by atoms with Crippen LogP contribution in [0.5, 0.6) is 0 Å². The second-order valence-electron chi connectivity index (χ2n) is 8.12. The summed E-state index contributed by atoms with van der Waals surface area (Å²) < 4.78 is 21.5. The molecule has 5 heteroatoms. The Bertz CT molecular complexity index is 694. The maximum atomic E-state index is 13.0. The molecule has 1 aliphatic rings. The molecule has 4 nitrogen and oxygen atoms in total. The molecule has 0 bridgehead atoms. The summed E-state index contributed by atoms with van der Waals surface area (Å²) in [4.78, 5) is 6.90. The second-order valence-corrected chi connectivity index (χ2v) is 8.12. The third-order valence-corrected chi connectivity index (χ3v) is 5.87. The second kappa shape index (κ2) is 10.7. The van der Waals surface area contributed by atoms with E-state index in [4.69, 9.17) is 4.74 Å². The first-order valence-electron chi connectivity index (χ1n) is 10.7. The summed E-state index contributed by atoms with van der Waals surface area (Å²) in [7, 11) is 4.20. The van der Waals surface area contributed by atoms with Gasteiger partial charge in [-0.3, -0.25) is 0 Å². The number of benzene rings is 1. The van der Waals surface area contributed by atoms with Gasteiger partial charge in [0.25, 0.3) is 0 Å². The number of nitrogens with zero attached hydrogens (tertiary/aromatic N) is 3. The van der Waals surface area contributed by atoms with E-state index in [0.717, 1.165) is 38.4 Å². The Morgan fingerprint density at radius 2 is 1.93 bits per heavy atom. The van der Waals surface area contributed by atoms with Crippen molar-refractivity contribution in [1.29, 1.82) is 0 Å². The van der Waals surface area contributed by atoms with E-state index in [0.29, 0.717) is 5.92 Å². The standard InChI is InChI=1S/C23H34FN3O/c1-26(16-13-19-9-11-21(24)12-10-19)15-6-18-28-22(20-7-4-3-5-8-20)23-25-14-17-27(23)2/h9-12,14,17,20,22H,3-8,13,15-16,18H2,1-2H3. The quantitative estimate of drug-likeness (QED) is 0.551. The van der Waals surface area contributed by atoms with E-state index in [-0.39, 0.29) is 11.9 Å². The third kappa shape index (κ3) is 6.14. The van der Waals surface area contributed by atoms with Gasteiger partial charge in [0, 0.05) is 39.1 Å². The van der Waals surface area contributed by atoms with Crippen LogP contribution in [0.25, 0.3) is 0 Å². The third-order valence-electron chi connectivity index (χ3n) is 5.87. The molecule has 1 saturated carbocycles. The molecule has 1 aromatic heterocycles. The minimum absolute atomic E-state index is 0.116. The minimum Gasteiger partial charge on any atom is -0.370 e. The predicted molar refractivity (Wildman–Crippen MR) is 111 cm³/mol. The first kappa shape index (κ1) is 21.0. The first-order chi connectivity index (χ1) is 13.6. The number of imidazole rings is 1. The van der Waals surface area contributed by atoms with E-state index in [1.165, 1.54) is 49.8 Å². The Kier molecular flexibility index (Phi) is 8.04. The normalized spacial score (nSPS) is 16.6. The summed E-state index contributed by atoms with van der Waals surface area (Å²) in [5, 5.41) is 0. The topological polar surface area (TPSA) is 30.3 Å². The summed E-state index contributed by atoms with van der Waals surface area (Å²) in [5.74, 6) is 1.48. The van der Waals surface area contributed by atoms with Crippen LogP contribution < -0.4 is 0 Å². The van der Waals surface area contributed by atoms with Gasteiger partial charge in [-0.25, -0.2) is 9.37 Å². The van der Waals surface area contributed by atoms with Gasteiger partial charge in [0.1, 0.15) is 17.7 Å². The van der Waals surface area contributed by atoms with Crippen molar-refractivity contribution >= 4 is 0 Å². The van der Waals surface area contributed by atoms with Crippen LogP contribution in [0, 0.1) is 11.7 Å². The van der Waals surface area contributed by atoms with Gasteiger partial charge in [0.15, 0.2) is 0 Å². The molecule has 0 amide bonds. The van der Waals surface area contributed by atoms with Gasteiger partial charge in [0.05, 0.1) is 0 Å². The zero-order valence-corrected chi connectivity index (χ0v) is 17.3. The van der Waals surface area contributed by atoms with Crippen molar-refractivity contribution in [2.45, 2.75) is 51.0 Å². The molecule has 1 aliphatic carbocycles. The highest BCUT2D eigenvalue weighted by atomic mass is 19.1. The Morgan fingerprint density at radius 3 is 2.61 bits per heavy atom. The number of rotatable bonds is 10. The monoisotopic (exact) mass is 387 g/mol. The number of likely N-dealkylation sites (N-methyl/N-ethyl adjacent to an activating group) is 1. The van der Waals surface area contributed by atoms with Gasteiger partial charge >= 0.3 is 0 Å². The van der Waals surface area contributed by atoms with Crippen LogP contribution in [0.2, 0.25) is 0 Å². The molecule has 0 radical (unpaired) electrons. The molecule has 3 rings (SSSR count). The summed E-state index contributed by atoms with van der Waals surface area (Å²) in [6.07, 6.45) is 12.4. The van der Waals surface area contributed by atoms with Gasteiger partial charge in [-0.1, -0.05) is 31.4 Å². The molecule has 1 fully saturated rings. The molecule has 1 aromatic carbocycles. The lowest BCUT2D eigenvalue weighted by Crippen LogP contribution is -2.25. The van der Waals surface area contributed by atoms with E-state index >= 15 is 0 Å². The van der Waals surface area contributed by atoms with E-state index in [9.17, 15) is 4.39 Å². The highest BCUT2D eigenvalue weighted by Crippen LogP contribution is 2.36. The number of ether oxygens (including phenoxy) is 1. The number of halogens is 1. The van der Waals surface area contributed by atoms with Crippen molar-refractivity contribution < 1.29 is 9.13 Å². The molecule has 0 spiro atoms. The van der Waals surface area contributed by atoms with Gasteiger partial charge in [0.2, 0.25) is 0 Å². The lowest BCUT2D eigenvalue weighted by atomic mass is 9.85. The first-order valence-corrected chi connectivity index (χ1v) is 10.7. The Morgan fingerprint density at radius 1 is 1.18 bits per heavy atom. The SMILES string of the molecule is CN(CCCOC(c1nccn1C)C1CCCCC1)CCc1ccc(F)cc1. The van der Waals surface area contributed by atoms with Crippen LogP contribution in [-0.2, 0) is 18.2 Å². The average molecular weight is 388 g/mol. The average Bonchev–Trinajstić information content (AvgIpc) is 3.14. The maximum Gasteiger partial charge on any atom is 0.137 e. The van der Waals surface area contributed by atoms with Crippen molar-refractivity contribution in [1.82, 2.24) is 14.5 Å². The van der Waals surface area contributed by atoms with Crippen LogP contribution in [0.15, 0.2) is 36.7 Å². The highest BCUT2D eigenvalue weighted by molar-refractivity contribution is 5.16. The summed E-state index contributed by atoms with van der Waals surface area (Å²) in [6.45, 7) is 2.73. The van der Waals surface area contributed by atoms with Crippen molar-refractivity contribution in [2.24, 2.45) is 13.0 Å². The fourth-order valence-electron chi connectivity index (χ4n) is 4.14. The van der Waals surface area contributed by atoms with Crippen LogP contribution >= 0.6 is 0 Å². The van der Waals surface area contributed by atoms with Crippen LogP contribution in [0.3, 0.4) is 0 Å². The number of aromatic nitrogens is 2. The van der Waals surface area contributed by atoms with Gasteiger partial charge in [-0.05, 0) is 56.3 Å². The fourth-order valence-corrected chi connectivity index (χ4v) is 4.14.